The lowest BCUT2D eigenvalue weighted by Gasteiger charge is -2.29. The molecular formula is C13H27N6O6P. The van der Waals surface area contributed by atoms with Gasteiger partial charge in [-0.05, 0) is 25.9 Å². The molecule has 0 aliphatic carbocycles. The summed E-state index contributed by atoms with van der Waals surface area (Å²) >= 11 is 0. The first-order chi connectivity index (χ1) is 11.3. The molecule has 0 fully saturated rings. The van der Waals surface area contributed by atoms with E-state index in [9.17, 15) is 23.9 Å². The monoisotopic (exact) mass is 394 g/mol. The fraction of sp³-hybridized carbons (Fsp3) is 0.615. The Morgan fingerprint density at radius 1 is 1.23 bits per heavy atom. The van der Waals surface area contributed by atoms with Gasteiger partial charge in [0, 0.05) is 20.2 Å². The molecule has 0 aliphatic heterocycles. The highest BCUT2D eigenvalue weighted by atomic mass is 31.2. The summed E-state index contributed by atoms with van der Waals surface area (Å²) in [6.07, 6.45) is 1.26. The van der Waals surface area contributed by atoms with Crippen molar-refractivity contribution in [1.82, 2.24) is 31.0 Å². The molecule has 0 spiro atoms. The van der Waals surface area contributed by atoms with E-state index in [1.54, 1.807) is 0 Å². The Kier molecular flexibility index (Phi) is 9.08. The van der Waals surface area contributed by atoms with Crippen LogP contribution in [0, 0.1) is 0 Å². The maximum atomic E-state index is 12.6. The summed E-state index contributed by atoms with van der Waals surface area (Å²) in [4.78, 5) is 50.2. The second kappa shape index (κ2) is 9.76. The molecule has 8 N–H and O–H groups in total. The molecule has 26 heavy (non-hydrogen) atoms. The number of aromatic nitrogens is 4. The zero-order valence-corrected chi connectivity index (χ0v) is 16.4. The van der Waals surface area contributed by atoms with E-state index in [0.29, 0.717) is 6.61 Å². The molecule has 0 amide bonds. The van der Waals surface area contributed by atoms with Crippen LogP contribution in [0.25, 0.3) is 11.2 Å². The number of aryl methyl sites for hydroxylation is 1. The number of imidazole rings is 1. The lowest BCUT2D eigenvalue weighted by molar-refractivity contribution is -0.313. The summed E-state index contributed by atoms with van der Waals surface area (Å²) in [7, 11) is -3.07. The van der Waals surface area contributed by atoms with Crippen molar-refractivity contribution in [2.45, 2.75) is 33.0 Å². The van der Waals surface area contributed by atoms with Gasteiger partial charge in [-0.1, -0.05) is 7.60 Å². The molecule has 0 unspecified atom stereocenters. The molecule has 0 saturated carbocycles. The Labute approximate surface area is 149 Å². The van der Waals surface area contributed by atoms with Crippen LogP contribution in [0.15, 0.2) is 15.9 Å². The number of rotatable bonds is 8. The highest BCUT2D eigenvalue weighted by Gasteiger charge is 2.15. The topological polar surface area (TPSA) is 207 Å². The van der Waals surface area contributed by atoms with Gasteiger partial charge in [0.15, 0.2) is 11.2 Å². The van der Waals surface area contributed by atoms with Crippen molar-refractivity contribution in [2.75, 3.05) is 12.8 Å². The zero-order chi connectivity index (χ0) is 17.9. The molecular weight excluding hydrogens is 367 g/mol. The maximum Gasteiger partial charge on any atom is 0.332 e. The summed E-state index contributed by atoms with van der Waals surface area (Å²) < 4.78 is 19.7. The van der Waals surface area contributed by atoms with Crippen LogP contribution in [0.5, 0.6) is 0 Å². The highest BCUT2D eigenvalue weighted by Crippen LogP contribution is 2.24. The number of unbranched alkanes of at least 4 members (excludes halogenated alkanes) is 1. The third-order valence-electron chi connectivity index (χ3n) is 3.60. The Morgan fingerprint density at radius 2 is 1.88 bits per heavy atom. The number of quaternary nitrogens is 2. The van der Waals surface area contributed by atoms with E-state index < -0.39 is 25.0 Å². The lowest BCUT2D eigenvalue weighted by atomic mass is 10.3. The quantitative estimate of drug-likeness (QED) is 0.435. The normalized spacial score (nSPS) is 11.2. The first kappa shape index (κ1) is 24.2. The Bertz CT molecular complexity index is 882. The van der Waals surface area contributed by atoms with Gasteiger partial charge in [0.1, 0.15) is 6.73 Å². The predicted molar refractivity (Wildman–Crippen MR) is 94.5 cm³/mol. The van der Waals surface area contributed by atoms with Gasteiger partial charge < -0.3 is 36.0 Å². The van der Waals surface area contributed by atoms with Crippen molar-refractivity contribution in [1.29, 1.82) is 0 Å². The van der Waals surface area contributed by atoms with E-state index in [-0.39, 0.29) is 49.6 Å². The van der Waals surface area contributed by atoms with Crippen LogP contribution in [0.3, 0.4) is 0 Å². The van der Waals surface area contributed by atoms with Gasteiger partial charge in [-0.2, -0.15) is 0 Å². The largest absolute Gasteiger partial charge is 0.811 e. The van der Waals surface area contributed by atoms with Gasteiger partial charge in [0.25, 0.3) is 5.56 Å². The van der Waals surface area contributed by atoms with E-state index in [4.69, 9.17) is 4.74 Å². The summed E-state index contributed by atoms with van der Waals surface area (Å²) in [5, 5.41) is 0. The Hall–Kier alpha value is -1.82. The average molecular weight is 394 g/mol. The number of hydrogen-bond donors (Lipinski definition) is 2. The second-order valence-corrected chi connectivity index (χ2v) is 7.02. The van der Waals surface area contributed by atoms with Gasteiger partial charge >= 0.3 is 5.69 Å². The minimum Gasteiger partial charge on any atom is -0.811 e. The highest BCUT2D eigenvalue weighted by molar-refractivity contribution is 7.48. The molecule has 0 aliphatic rings. The summed E-state index contributed by atoms with van der Waals surface area (Å²) in [5.41, 5.74) is -0.562. The van der Waals surface area contributed by atoms with Crippen LogP contribution >= 0.6 is 7.60 Å². The molecule has 12 nitrogen and oxygen atoms in total. The van der Waals surface area contributed by atoms with Crippen LogP contribution in [-0.2, 0) is 29.6 Å². The Morgan fingerprint density at radius 3 is 2.46 bits per heavy atom. The zero-order valence-electron chi connectivity index (χ0n) is 15.5. The van der Waals surface area contributed by atoms with Crippen molar-refractivity contribution in [3.8, 4) is 0 Å². The number of ether oxygens (including phenoxy) is 1. The van der Waals surface area contributed by atoms with Crippen LogP contribution in [0.2, 0.25) is 0 Å². The molecule has 0 bridgehead atoms. The minimum atomic E-state index is -4.57. The molecule has 0 atom stereocenters. The van der Waals surface area contributed by atoms with Crippen molar-refractivity contribution < 1.29 is 19.1 Å². The second-order valence-electron chi connectivity index (χ2n) is 5.35. The van der Waals surface area contributed by atoms with Crippen LogP contribution < -0.4 is 33.3 Å². The number of nitrogens with zero attached hydrogens (tertiary/aromatic N) is 4. The maximum absolute atomic E-state index is 12.6. The van der Waals surface area contributed by atoms with Gasteiger partial charge in [-0.25, -0.2) is 9.78 Å². The first-order valence-electron chi connectivity index (χ1n) is 7.49. The van der Waals surface area contributed by atoms with Crippen LogP contribution in [0.4, 0.5) is 0 Å². The van der Waals surface area contributed by atoms with Gasteiger partial charge in [-0.15, -0.1) is 0 Å². The number of hydrogen-bond acceptors (Lipinski definition) is 7. The summed E-state index contributed by atoms with van der Waals surface area (Å²) in [6, 6.07) is 0. The van der Waals surface area contributed by atoms with Crippen LogP contribution in [0.1, 0.15) is 19.8 Å². The first-order valence-corrected chi connectivity index (χ1v) is 9.22. The molecule has 13 heteroatoms. The van der Waals surface area contributed by atoms with E-state index >= 15 is 0 Å². The molecule has 2 heterocycles. The van der Waals surface area contributed by atoms with Gasteiger partial charge in [0.05, 0.1) is 6.33 Å². The van der Waals surface area contributed by atoms with E-state index in [1.165, 1.54) is 22.5 Å². The van der Waals surface area contributed by atoms with Crippen molar-refractivity contribution >= 4 is 18.8 Å². The smallest absolute Gasteiger partial charge is 0.332 e. The van der Waals surface area contributed by atoms with E-state index in [1.807, 2.05) is 6.92 Å². The molecule has 0 aromatic carbocycles. The third-order valence-corrected chi connectivity index (χ3v) is 4.46. The summed E-state index contributed by atoms with van der Waals surface area (Å²) in [5.74, 6) is 0. The standard InChI is InChI=1S/C13H21N4O6P.2H3N/c1-3-23-9-16-8-14-11-10(16)12(18)17(13(19)15(11)2)6-4-5-7-24(20,21)22;;/h8H,3-7,9H2,1-2H3,(H2,20,21,22);2*1H3. The molecule has 0 saturated heterocycles. The molecule has 2 rings (SSSR count). The molecule has 0 radical (unpaired) electrons. The van der Waals surface area contributed by atoms with Crippen molar-refractivity contribution in [3.05, 3.63) is 27.2 Å². The SMILES string of the molecule is CCOCn1cnc2c1c(=O)n(CCCCP(=O)([O-])[O-])c(=O)n2C.[NH4+].[NH4+]. The van der Waals surface area contributed by atoms with E-state index in [0.717, 1.165) is 4.57 Å². The fourth-order valence-corrected chi connectivity index (χ4v) is 2.99. The molecule has 150 valence electrons. The number of fused-ring (bicyclic) bond motifs is 1. The minimum absolute atomic E-state index is 0. The third kappa shape index (κ3) is 5.34. The lowest BCUT2D eigenvalue weighted by Crippen LogP contribution is -2.39. The van der Waals surface area contributed by atoms with Crippen molar-refractivity contribution in [3.63, 3.8) is 0 Å². The van der Waals surface area contributed by atoms with Crippen molar-refractivity contribution in [2.24, 2.45) is 7.05 Å². The fourth-order valence-electron chi connectivity index (χ4n) is 2.38. The van der Waals surface area contributed by atoms with Crippen LogP contribution in [-0.4, -0.2) is 31.5 Å². The van der Waals surface area contributed by atoms with Gasteiger partial charge in [0.2, 0.25) is 0 Å². The Balaban J connectivity index is 0.00000312. The predicted octanol–water partition coefficient (Wildman–Crippen LogP) is -0.663. The molecule has 2 aromatic rings. The van der Waals surface area contributed by atoms with E-state index in [2.05, 4.69) is 4.98 Å². The van der Waals surface area contributed by atoms with Gasteiger partial charge in [-0.3, -0.25) is 13.9 Å². The average Bonchev–Trinajstić information content (AvgIpc) is 2.93. The molecule has 2 aromatic heterocycles. The summed E-state index contributed by atoms with van der Waals surface area (Å²) in [6.45, 7) is 2.44.